The van der Waals surface area contributed by atoms with Gasteiger partial charge in [0.15, 0.2) is 17.3 Å². The van der Waals surface area contributed by atoms with E-state index in [9.17, 15) is 9.59 Å². The maximum absolute atomic E-state index is 13.1. The van der Waals surface area contributed by atoms with E-state index in [1.54, 1.807) is 43.3 Å². The number of amides is 3. The minimum absolute atomic E-state index is 0.0188. The van der Waals surface area contributed by atoms with Crippen LogP contribution in [0.4, 0.5) is 4.79 Å². The van der Waals surface area contributed by atoms with Crippen molar-refractivity contribution in [3.63, 3.8) is 0 Å². The van der Waals surface area contributed by atoms with Crippen LogP contribution in [0.1, 0.15) is 18.2 Å². The van der Waals surface area contributed by atoms with Gasteiger partial charge in [-0.3, -0.25) is 9.69 Å². The quantitative estimate of drug-likeness (QED) is 0.692. The lowest BCUT2D eigenvalue weighted by atomic mass is 9.91. The molecule has 0 saturated carbocycles. The average Bonchev–Trinajstić information content (AvgIpc) is 3.47. The molecule has 0 spiro atoms. The number of aromatic nitrogens is 1. The molecule has 1 saturated heterocycles. The number of carbonyl (C=O) groups excluding carboxylic acids is 2. The zero-order chi connectivity index (χ0) is 19.3. The fraction of sp³-hybridized carbons (Fsp3) is 0.211. The zero-order valence-electron chi connectivity index (χ0n) is 14.8. The molecule has 3 aromatic rings. The van der Waals surface area contributed by atoms with Crippen molar-refractivity contribution in [2.75, 3.05) is 6.79 Å². The molecule has 1 atom stereocenters. The minimum atomic E-state index is -1.22. The third-order valence-electron chi connectivity index (χ3n) is 4.87. The molecule has 0 unspecified atom stereocenters. The fourth-order valence-corrected chi connectivity index (χ4v) is 3.33. The Balaban J connectivity index is 1.40. The van der Waals surface area contributed by atoms with Crippen molar-refractivity contribution in [1.82, 2.24) is 15.4 Å². The summed E-state index contributed by atoms with van der Waals surface area (Å²) in [6.07, 6.45) is 1.52. The van der Waals surface area contributed by atoms with Crippen molar-refractivity contribution >= 4 is 11.9 Å². The first kappa shape index (κ1) is 16.4. The van der Waals surface area contributed by atoms with Crippen molar-refractivity contribution in [2.45, 2.75) is 19.0 Å². The molecule has 0 aliphatic carbocycles. The summed E-state index contributed by atoms with van der Waals surface area (Å²) in [7, 11) is 0. The molecule has 142 valence electrons. The first-order valence-corrected chi connectivity index (χ1v) is 8.58. The van der Waals surface area contributed by atoms with Gasteiger partial charge >= 0.3 is 6.03 Å². The Labute approximate surface area is 158 Å². The van der Waals surface area contributed by atoms with E-state index in [1.165, 1.54) is 6.26 Å². The summed E-state index contributed by atoms with van der Waals surface area (Å²) in [6, 6.07) is 9.75. The van der Waals surface area contributed by atoms with Crippen LogP contribution in [0.2, 0.25) is 0 Å². The number of ether oxygens (including phenoxy) is 2. The average molecular weight is 381 g/mol. The van der Waals surface area contributed by atoms with Crippen molar-refractivity contribution in [3.05, 3.63) is 53.9 Å². The highest BCUT2D eigenvalue weighted by Crippen LogP contribution is 2.38. The summed E-state index contributed by atoms with van der Waals surface area (Å²) in [6.45, 7) is 1.77. The highest BCUT2D eigenvalue weighted by Gasteiger charge is 2.49. The summed E-state index contributed by atoms with van der Waals surface area (Å²) in [5, 5.41) is 6.68. The molecule has 0 radical (unpaired) electrons. The van der Waals surface area contributed by atoms with E-state index in [-0.39, 0.29) is 19.2 Å². The number of nitrogens with zero attached hydrogens (tertiary/aromatic N) is 2. The molecule has 1 fully saturated rings. The van der Waals surface area contributed by atoms with Gasteiger partial charge in [0.1, 0.15) is 11.2 Å². The maximum Gasteiger partial charge on any atom is 0.325 e. The van der Waals surface area contributed by atoms with Gasteiger partial charge in [0, 0.05) is 6.07 Å². The van der Waals surface area contributed by atoms with Gasteiger partial charge in [0.05, 0.1) is 12.8 Å². The topological polar surface area (TPSA) is 107 Å². The maximum atomic E-state index is 13.1. The van der Waals surface area contributed by atoms with Crippen LogP contribution in [-0.4, -0.2) is 28.8 Å². The molecule has 28 heavy (non-hydrogen) atoms. The number of furan rings is 1. The molecule has 2 aliphatic heterocycles. The zero-order valence-corrected chi connectivity index (χ0v) is 14.8. The molecule has 0 bridgehead atoms. The van der Waals surface area contributed by atoms with Crippen molar-refractivity contribution in [2.24, 2.45) is 0 Å². The molecular formula is C19H15N3O6. The normalized spacial score (nSPS) is 20.7. The van der Waals surface area contributed by atoms with E-state index in [1.807, 2.05) is 0 Å². The Kier molecular flexibility index (Phi) is 3.45. The van der Waals surface area contributed by atoms with Gasteiger partial charge in [-0.1, -0.05) is 11.2 Å². The van der Waals surface area contributed by atoms with Crippen LogP contribution in [0.5, 0.6) is 11.5 Å². The number of urea groups is 1. The lowest BCUT2D eigenvalue weighted by Gasteiger charge is -2.22. The van der Waals surface area contributed by atoms with Gasteiger partial charge in [0.25, 0.3) is 5.91 Å². The monoisotopic (exact) mass is 381 g/mol. The largest absolute Gasteiger partial charge is 0.461 e. The van der Waals surface area contributed by atoms with E-state index in [2.05, 4.69) is 10.5 Å². The number of nitrogens with one attached hydrogen (secondary N) is 1. The molecule has 9 heteroatoms. The molecule has 9 nitrogen and oxygen atoms in total. The first-order chi connectivity index (χ1) is 13.5. The number of carbonyl (C=O) groups is 2. The minimum Gasteiger partial charge on any atom is -0.461 e. The van der Waals surface area contributed by atoms with Crippen molar-refractivity contribution in [1.29, 1.82) is 0 Å². The molecule has 5 rings (SSSR count). The van der Waals surface area contributed by atoms with Crippen LogP contribution < -0.4 is 14.8 Å². The number of hydrogen-bond acceptors (Lipinski definition) is 7. The molecule has 2 aliphatic rings. The number of rotatable bonds is 4. The Morgan fingerprint density at radius 2 is 2.00 bits per heavy atom. The van der Waals surface area contributed by atoms with Crippen molar-refractivity contribution < 1.29 is 28.0 Å². The summed E-state index contributed by atoms with van der Waals surface area (Å²) in [5.74, 6) is 1.69. The lowest BCUT2D eigenvalue weighted by Crippen LogP contribution is -2.40. The van der Waals surface area contributed by atoms with Gasteiger partial charge < -0.3 is 23.7 Å². The Bertz CT molecular complexity index is 1070. The Hall–Kier alpha value is -3.75. The standard InChI is InChI=1S/C19H15N3O6/c1-19(11-4-5-14-15(7-11)27-10-26-14)17(23)22(18(24)20-19)9-12-8-16(28-21-12)13-3-2-6-25-13/h2-8H,9-10H2,1H3,(H,20,24)/t19-/m1/s1. The third kappa shape index (κ3) is 2.43. The SMILES string of the molecule is C[C@]1(c2ccc3c(c2)OCO3)NC(=O)N(Cc2cc(-c3ccco3)on2)C1=O. The molecule has 2 aromatic heterocycles. The molecular weight excluding hydrogens is 366 g/mol. The van der Waals surface area contributed by atoms with Crippen LogP contribution >= 0.6 is 0 Å². The van der Waals surface area contributed by atoms with Crippen LogP contribution in [0.25, 0.3) is 11.5 Å². The second-order valence-corrected chi connectivity index (χ2v) is 6.67. The van der Waals surface area contributed by atoms with E-state index in [4.69, 9.17) is 18.4 Å². The summed E-state index contributed by atoms with van der Waals surface area (Å²) in [4.78, 5) is 26.7. The first-order valence-electron chi connectivity index (χ1n) is 8.58. The van der Waals surface area contributed by atoms with Gasteiger partial charge in [-0.2, -0.15) is 0 Å². The lowest BCUT2D eigenvalue weighted by molar-refractivity contribution is -0.131. The molecule has 1 N–H and O–H groups in total. The molecule has 3 amide bonds. The van der Waals surface area contributed by atoms with Crippen LogP contribution in [-0.2, 0) is 16.9 Å². The van der Waals surface area contributed by atoms with Crippen LogP contribution in [0, 0.1) is 0 Å². The van der Waals surface area contributed by atoms with Gasteiger partial charge in [0.2, 0.25) is 12.6 Å². The predicted molar refractivity (Wildman–Crippen MR) is 93.2 cm³/mol. The predicted octanol–water partition coefficient (Wildman–Crippen LogP) is 2.63. The summed E-state index contributed by atoms with van der Waals surface area (Å²) < 4.78 is 21.2. The summed E-state index contributed by atoms with van der Waals surface area (Å²) in [5.41, 5.74) is -0.176. The smallest absolute Gasteiger partial charge is 0.325 e. The van der Waals surface area contributed by atoms with Gasteiger partial charge in [-0.25, -0.2) is 4.79 Å². The molecule has 1 aromatic carbocycles. The van der Waals surface area contributed by atoms with E-state index in [0.717, 1.165) is 4.90 Å². The van der Waals surface area contributed by atoms with Gasteiger partial charge in [-0.05, 0) is 36.8 Å². The third-order valence-corrected chi connectivity index (χ3v) is 4.87. The van der Waals surface area contributed by atoms with E-state index in [0.29, 0.717) is 34.3 Å². The molecule has 4 heterocycles. The second kappa shape index (κ2) is 5.88. The van der Waals surface area contributed by atoms with E-state index >= 15 is 0 Å². The van der Waals surface area contributed by atoms with Crippen LogP contribution in [0.3, 0.4) is 0 Å². The number of benzene rings is 1. The number of imide groups is 1. The number of hydrogen-bond donors (Lipinski definition) is 1. The Morgan fingerprint density at radius 3 is 2.82 bits per heavy atom. The van der Waals surface area contributed by atoms with Crippen LogP contribution in [0.15, 0.2) is 51.6 Å². The Morgan fingerprint density at radius 1 is 1.14 bits per heavy atom. The highest BCUT2D eigenvalue weighted by molar-refractivity contribution is 6.07. The fourth-order valence-electron chi connectivity index (χ4n) is 3.33. The van der Waals surface area contributed by atoms with E-state index < -0.39 is 11.6 Å². The van der Waals surface area contributed by atoms with Crippen molar-refractivity contribution in [3.8, 4) is 23.0 Å². The van der Waals surface area contributed by atoms with Gasteiger partial charge in [-0.15, -0.1) is 0 Å². The second-order valence-electron chi connectivity index (χ2n) is 6.67. The number of fused-ring (bicyclic) bond motifs is 1. The summed E-state index contributed by atoms with van der Waals surface area (Å²) >= 11 is 0. The highest BCUT2D eigenvalue weighted by atomic mass is 16.7.